The summed E-state index contributed by atoms with van der Waals surface area (Å²) in [6.07, 6.45) is 1.82. The molecule has 3 nitrogen and oxygen atoms in total. The third-order valence-electron chi connectivity index (χ3n) is 3.14. The number of pyridine rings is 1. The van der Waals surface area contributed by atoms with E-state index in [1.165, 1.54) is 0 Å². The molecule has 0 saturated carbocycles. The van der Waals surface area contributed by atoms with Crippen molar-refractivity contribution in [1.29, 1.82) is 0 Å². The van der Waals surface area contributed by atoms with Crippen LogP contribution in [0.25, 0.3) is 26.6 Å². The van der Waals surface area contributed by atoms with E-state index in [1.54, 1.807) is 15.7 Å². The van der Waals surface area contributed by atoms with Gasteiger partial charge in [0, 0.05) is 11.6 Å². The maximum absolute atomic E-state index is 12.5. The quantitative estimate of drug-likeness (QED) is 0.451. The molecule has 4 aromatic rings. The molecule has 4 rings (SSSR count). The SMILES string of the molecule is O=c1c2ccccc2cc2ncc3sccc3n12. The van der Waals surface area contributed by atoms with E-state index in [9.17, 15) is 4.79 Å². The first kappa shape index (κ1) is 9.79. The van der Waals surface area contributed by atoms with E-state index in [1.807, 2.05) is 48.0 Å². The average Bonchev–Trinajstić information content (AvgIpc) is 2.87. The van der Waals surface area contributed by atoms with Crippen molar-refractivity contribution >= 4 is 38.0 Å². The van der Waals surface area contributed by atoms with Crippen molar-refractivity contribution in [3.63, 3.8) is 0 Å². The predicted molar refractivity (Wildman–Crippen MR) is 74.4 cm³/mol. The highest BCUT2D eigenvalue weighted by Gasteiger charge is 2.07. The standard InChI is InChI=1S/C14H8N2OS/c17-14-10-4-2-1-3-9(10)7-13-15-8-12-11(16(13)14)5-6-18-12/h1-8H. The van der Waals surface area contributed by atoms with Crippen LogP contribution >= 0.6 is 11.3 Å². The molecule has 3 aromatic heterocycles. The van der Waals surface area contributed by atoms with Crippen LogP contribution in [0.5, 0.6) is 0 Å². The Morgan fingerprint density at radius 1 is 1.17 bits per heavy atom. The summed E-state index contributed by atoms with van der Waals surface area (Å²) < 4.78 is 2.72. The highest BCUT2D eigenvalue weighted by molar-refractivity contribution is 7.17. The van der Waals surface area contributed by atoms with E-state index in [2.05, 4.69) is 4.98 Å². The molecular weight excluding hydrogens is 244 g/mol. The van der Waals surface area contributed by atoms with Crippen LogP contribution in [0, 0.1) is 0 Å². The lowest BCUT2D eigenvalue weighted by atomic mass is 10.2. The van der Waals surface area contributed by atoms with E-state index in [4.69, 9.17) is 0 Å². The molecule has 0 bridgehead atoms. The number of hydrogen-bond acceptors (Lipinski definition) is 3. The van der Waals surface area contributed by atoms with Crippen LogP contribution in [0.1, 0.15) is 0 Å². The fraction of sp³-hybridized carbons (Fsp3) is 0. The van der Waals surface area contributed by atoms with Gasteiger partial charge in [-0.1, -0.05) is 18.2 Å². The van der Waals surface area contributed by atoms with Gasteiger partial charge in [-0.2, -0.15) is 0 Å². The predicted octanol–water partition coefficient (Wildman–Crippen LogP) is 3.06. The monoisotopic (exact) mass is 252 g/mol. The number of nitrogens with zero attached hydrogens (tertiary/aromatic N) is 2. The second kappa shape index (κ2) is 3.40. The number of hydrogen-bond donors (Lipinski definition) is 0. The molecule has 0 aliphatic heterocycles. The summed E-state index contributed by atoms with van der Waals surface area (Å²) in [5.74, 6) is 0. The first-order valence-electron chi connectivity index (χ1n) is 5.61. The lowest BCUT2D eigenvalue weighted by Gasteiger charge is -2.04. The van der Waals surface area contributed by atoms with Gasteiger partial charge >= 0.3 is 0 Å². The molecule has 3 heterocycles. The van der Waals surface area contributed by atoms with E-state index < -0.39 is 0 Å². The van der Waals surface area contributed by atoms with Gasteiger partial charge in [-0.15, -0.1) is 11.3 Å². The molecule has 0 spiro atoms. The lowest BCUT2D eigenvalue weighted by molar-refractivity contribution is 1.13. The van der Waals surface area contributed by atoms with Crippen molar-refractivity contribution in [2.45, 2.75) is 0 Å². The molecule has 0 fully saturated rings. The van der Waals surface area contributed by atoms with Gasteiger partial charge in [0.2, 0.25) is 0 Å². The Hall–Kier alpha value is -2.20. The minimum absolute atomic E-state index is 0.000370. The Kier molecular flexibility index (Phi) is 1.85. The van der Waals surface area contributed by atoms with Crippen LogP contribution < -0.4 is 5.56 Å². The summed E-state index contributed by atoms with van der Waals surface area (Å²) in [5, 5.41) is 3.65. The molecular formula is C14H8N2OS. The van der Waals surface area contributed by atoms with Gasteiger partial charge in [0.15, 0.2) is 0 Å². The van der Waals surface area contributed by atoms with E-state index in [0.29, 0.717) is 5.65 Å². The van der Waals surface area contributed by atoms with Crippen LogP contribution in [0.3, 0.4) is 0 Å². The Morgan fingerprint density at radius 3 is 3.00 bits per heavy atom. The number of rotatable bonds is 0. The van der Waals surface area contributed by atoms with Crippen molar-refractivity contribution in [2.75, 3.05) is 0 Å². The zero-order valence-corrected chi connectivity index (χ0v) is 10.1. The first-order chi connectivity index (χ1) is 8.84. The molecule has 1 aromatic carbocycles. The summed E-state index contributed by atoms with van der Waals surface area (Å²) >= 11 is 1.59. The fourth-order valence-electron chi connectivity index (χ4n) is 2.29. The second-order valence-corrected chi connectivity index (χ2v) is 5.11. The molecule has 86 valence electrons. The second-order valence-electron chi connectivity index (χ2n) is 4.16. The van der Waals surface area contributed by atoms with Crippen LogP contribution in [0.4, 0.5) is 0 Å². The Labute approximate surface area is 106 Å². The van der Waals surface area contributed by atoms with Crippen molar-refractivity contribution in [3.05, 3.63) is 58.3 Å². The van der Waals surface area contributed by atoms with Crippen molar-refractivity contribution in [3.8, 4) is 0 Å². The molecule has 0 aliphatic rings. The van der Waals surface area contributed by atoms with Crippen molar-refractivity contribution in [1.82, 2.24) is 9.38 Å². The number of benzene rings is 1. The highest BCUT2D eigenvalue weighted by Crippen LogP contribution is 2.21. The third-order valence-corrected chi connectivity index (χ3v) is 3.98. The topological polar surface area (TPSA) is 34.4 Å². The van der Waals surface area contributed by atoms with Crippen molar-refractivity contribution < 1.29 is 0 Å². The molecule has 0 atom stereocenters. The smallest absolute Gasteiger partial charge is 0.264 e. The lowest BCUT2D eigenvalue weighted by Crippen LogP contribution is -2.14. The molecule has 18 heavy (non-hydrogen) atoms. The largest absolute Gasteiger partial charge is 0.268 e. The van der Waals surface area contributed by atoms with E-state index in [0.717, 1.165) is 21.0 Å². The summed E-state index contributed by atoms with van der Waals surface area (Å²) in [4.78, 5) is 16.9. The van der Waals surface area contributed by atoms with Gasteiger partial charge in [0.1, 0.15) is 5.65 Å². The highest BCUT2D eigenvalue weighted by atomic mass is 32.1. The molecule has 0 saturated heterocycles. The van der Waals surface area contributed by atoms with Crippen LogP contribution in [-0.2, 0) is 0 Å². The zero-order valence-electron chi connectivity index (χ0n) is 9.33. The third kappa shape index (κ3) is 1.18. The van der Waals surface area contributed by atoms with Crippen LogP contribution in [-0.4, -0.2) is 9.38 Å². The average molecular weight is 252 g/mol. The Balaban J connectivity index is 2.40. The number of thiophene rings is 1. The molecule has 0 radical (unpaired) electrons. The summed E-state index contributed by atoms with van der Waals surface area (Å²) in [7, 11) is 0. The summed E-state index contributed by atoms with van der Waals surface area (Å²) in [6.45, 7) is 0. The number of aromatic nitrogens is 2. The zero-order chi connectivity index (χ0) is 12.1. The summed E-state index contributed by atoms with van der Waals surface area (Å²) in [6, 6.07) is 11.5. The summed E-state index contributed by atoms with van der Waals surface area (Å²) in [5.41, 5.74) is 1.63. The van der Waals surface area contributed by atoms with Gasteiger partial charge in [-0.05, 0) is 29.0 Å². The maximum atomic E-state index is 12.5. The van der Waals surface area contributed by atoms with Gasteiger partial charge in [-0.3, -0.25) is 9.20 Å². The molecule has 4 heteroatoms. The maximum Gasteiger partial charge on any atom is 0.264 e. The van der Waals surface area contributed by atoms with Gasteiger partial charge in [0.05, 0.1) is 10.2 Å². The molecule has 0 aliphatic carbocycles. The Morgan fingerprint density at radius 2 is 2.06 bits per heavy atom. The van der Waals surface area contributed by atoms with E-state index in [-0.39, 0.29) is 5.56 Å². The Bertz CT molecular complexity index is 952. The van der Waals surface area contributed by atoms with Gasteiger partial charge in [-0.25, -0.2) is 4.98 Å². The van der Waals surface area contributed by atoms with E-state index >= 15 is 0 Å². The van der Waals surface area contributed by atoms with Gasteiger partial charge in [0.25, 0.3) is 5.56 Å². The number of fused-ring (bicyclic) bond motifs is 4. The van der Waals surface area contributed by atoms with Crippen LogP contribution in [0.15, 0.2) is 52.8 Å². The molecule has 0 N–H and O–H groups in total. The van der Waals surface area contributed by atoms with Crippen molar-refractivity contribution in [2.24, 2.45) is 0 Å². The minimum atomic E-state index is -0.000370. The first-order valence-corrected chi connectivity index (χ1v) is 6.49. The fourth-order valence-corrected chi connectivity index (χ4v) is 3.03. The molecule has 0 unspecified atom stereocenters. The van der Waals surface area contributed by atoms with Gasteiger partial charge < -0.3 is 0 Å². The normalized spacial score (nSPS) is 11.6. The molecule has 0 amide bonds. The van der Waals surface area contributed by atoms with Crippen LogP contribution in [0.2, 0.25) is 0 Å². The minimum Gasteiger partial charge on any atom is -0.268 e.